The highest BCUT2D eigenvalue weighted by Gasteiger charge is 2.74. The second kappa shape index (κ2) is 7.42. The van der Waals surface area contributed by atoms with Crippen LogP contribution in [0, 0.1) is 5.41 Å². The third-order valence-corrected chi connectivity index (χ3v) is 8.48. The second-order valence-corrected chi connectivity index (χ2v) is 9.55. The van der Waals surface area contributed by atoms with Gasteiger partial charge in [0.25, 0.3) is 0 Å². The highest BCUT2D eigenvalue weighted by molar-refractivity contribution is 8.01. The molecule has 7 heteroatoms. The summed E-state index contributed by atoms with van der Waals surface area (Å²) >= 11 is 1.63. The maximum absolute atomic E-state index is 13.8. The number of benzene rings is 1. The molecule has 0 spiro atoms. The smallest absolute Gasteiger partial charge is 0.316 e. The van der Waals surface area contributed by atoms with Gasteiger partial charge in [0.1, 0.15) is 10.2 Å². The molecule has 0 aromatic heterocycles. The molecule has 6 nitrogen and oxygen atoms in total. The van der Waals surface area contributed by atoms with Crippen molar-refractivity contribution in [1.29, 1.82) is 0 Å². The largest absolute Gasteiger partial charge is 0.493 e. The average Bonchev–Trinajstić information content (AvgIpc) is 2.98. The van der Waals surface area contributed by atoms with Gasteiger partial charge in [-0.15, -0.1) is 11.8 Å². The number of esters is 1. The fraction of sp³-hybridized carbons (Fsp3) is 0.636. The lowest BCUT2D eigenvalue weighted by Crippen LogP contribution is -2.55. The van der Waals surface area contributed by atoms with Gasteiger partial charge < -0.3 is 19.1 Å². The van der Waals surface area contributed by atoms with Crippen molar-refractivity contribution in [3.8, 4) is 11.5 Å². The fourth-order valence-electron chi connectivity index (χ4n) is 5.86. The summed E-state index contributed by atoms with van der Waals surface area (Å²) in [6.07, 6.45) is 3.99. The molecule has 3 aliphatic rings. The highest BCUT2D eigenvalue weighted by atomic mass is 32.2. The molecule has 1 saturated heterocycles. The predicted octanol–water partition coefficient (Wildman–Crippen LogP) is 3.37. The van der Waals surface area contributed by atoms with Crippen LogP contribution in [0.3, 0.4) is 0 Å². The SMILES string of the molecule is CCS[C@]12CCCC[C@@]1(C(=O)OC)[C@H]1c3cc(OC)c(OC)cc3CCN1C2=O. The molecule has 0 N–H and O–H groups in total. The number of fused-ring (bicyclic) bond motifs is 5. The molecule has 1 aromatic carbocycles. The molecular formula is C22H29NO5S. The first kappa shape index (κ1) is 20.4. The van der Waals surface area contributed by atoms with Gasteiger partial charge in [-0.25, -0.2) is 0 Å². The van der Waals surface area contributed by atoms with Gasteiger partial charge in [-0.2, -0.15) is 0 Å². The van der Waals surface area contributed by atoms with Gasteiger partial charge in [0.2, 0.25) is 5.91 Å². The quantitative estimate of drug-likeness (QED) is 0.682. The molecule has 3 atom stereocenters. The molecule has 0 unspecified atom stereocenters. The number of ether oxygens (including phenoxy) is 3. The van der Waals surface area contributed by atoms with Gasteiger partial charge in [0.05, 0.1) is 27.4 Å². The normalized spacial score (nSPS) is 30.3. The van der Waals surface area contributed by atoms with Crippen LogP contribution in [-0.2, 0) is 20.7 Å². The Labute approximate surface area is 176 Å². The van der Waals surface area contributed by atoms with Crippen LogP contribution in [0.1, 0.15) is 49.8 Å². The van der Waals surface area contributed by atoms with E-state index in [0.29, 0.717) is 24.5 Å². The molecule has 0 bridgehead atoms. The molecule has 1 saturated carbocycles. The first-order valence-corrected chi connectivity index (χ1v) is 11.3. The van der Waals surface area contributed by atoms with E-state index in [4.69, 9.17) is 14.2 Å². The van der Waals surface area contributed by atoms with E-state index in [1.807, 2.05) is 17.0 Å². The summed E-state index contributed by atoms with van der Waals surface area (Å²) in [6.45, 7) is 2.67. The summed E-state index contributed by atoms with van der Waals surface area (Å²) in [5, 5.41) is 0. The molecular weight excluding hydrogens is 390 g/mol. The van der Waals surface area contributed by atoms with Gasteiger partial charge in [0, 0.05) is 6.54 Å². The molecule has 1 aliphatic carbocycles. The number of hydrogen-bond acceptors (Lipinski definition) is 6. The lowest BCUT2D eigenvalue weighted by Gasteiger charge is -2.47. The van der Waals surface area contributed by atoms with Crippen molar-refractivity contribution in [2.24, 2.45) is 5.41 Å². The van der Waals surface area contributed by atoms with E-state index >= 15 is 0 Å². The minimum atomic E-state index is -0.882. The zero-order valence-electron chi connectivity index (χ0n) is 17.6. The van der Waals surface area contributed by atoms with Crippen molar-refractivity contribution in [3.63, 3.8) is 0 Å². The summed E-state index contributed by atoms with van der Waals surface area (Å²) in [5.41, 5.74) is 1.22. The molecule has 0 radical (unpaired) electrons. The van der Waals surface area contributed by atoms with Crippen molar-refractivity contribution < 1.29 is 23.8 Å². The summed E-state index contributed by atoms with van der Waals surface area (Å²) in [4.78, 5) is 29.3. The summed E-state index contributed by atoms with van der Waals surface area (Å²) in [7, 11) is 4.68. The van der Waals surface area contributed by atoms with E-state index in [-0.39, 0.29) is 17.9 Å². The molecule has 1 amide bonds. The van der Waals surface area contributed by atoms with Crippen LogP contribution in [0.15, 0.2) is 12.1 Å². The molecule has 2 heterocycles. The van der Waals surface area contributed by atoms with Gasteiger partial charge in [-0.1, -0.05) is 19.8 Å². The molecule has 2 fully saturated rings. The van der Waals surface area contributed by atoms with Crippen LogP contribution in [-0.4, -0.2) is 55.2 Å². The Morgan fingerprint density at radius 3 is 2.52 bits per heavy atom. The van der Waals surface area contributed by atoms with Crippen LogP contribution in [0.2, 0.25) is 0 Å². The van der Waals surface area contributed by atoms with Crippen molar-refractivity contribution in [3.05, 3.63) is 23.3 Å². The van der Waals surface area contributed by atoms with Gasteiger partial charge in [-0.05, 0) is 48.3 Å². The number of carbonyl (C=O) groups is 2. The zero-order chi connectivity index (χ0) is 20.8. The van der Waals surface area contributed by atoms with E-state index in [1.54, 1.807) is 26.0 Å². The Morgan fingerprint density at radius 2 is 1.86 bits per heavy atom. The minimum absolute atomic E-state index is 0.0971. The Bertz CT molecular complexity index is 839. The van der Waals surface area contributed by atoms with E-state index in [1.165, 1.54) is 7.11 Å². The summed E-state index contributed by atoms with van der Waals surface area (Å²) in [6, 6.07) is 3.63. The molecule has 158 valence electrons. The number of nitrogens with zero attached hydrogens (tertiary/aromatic N) is 1. The maximum Gasteiger partial charge on any atom is 0.316 e. The maximum atomic E-state index is 13.8. The molecule has 4 rings (SSSR count). The molecule has 29 heavy (non-hydrogen) atoms. The third kappa shape index (κ3) is 2.55. The Balaban J connectivity index is 1.98. The highest BCUT2D eigenvalue weighted by Crippen LogP contribution is 2.67. The summed E-state index contributed by atoms with van der Waals surface area (Å²) in [5.74, 6) is 1.91. The number of amides is 1. The first-order chi connectivity index (χ1) is 14.0. The molecule has 1 aromatic rings. The Kier molecular flexibility index (Phi) is 5.21. The molecule has 2 aliphatic heterocycles. The monoisotopic (exact) mass is 419 g/mol. The lowest BCUT2D eigenvalue weighted by atomic mass is 9.61. The first-order valence-electron chi connectivity index (χ1n) is 10.3. The number of hydrogen-bond donors (Lipinski definition) is 0. The van der Waals surface area contributed by atoms with Crippen LogP contribution in [0.4, 0.5) is 0 Å². The summed E-state index contributed by atoms with van der Waals surface area (Å²) < 4.78 is 15.7. The topological polar surface area (TPSA) is 65.1 Å². The second-order valence-electron chi connectivity index (χ2n) is 7.99. The van der Waals surface area contributed by atoms with Gasteiger partial charge in [0.15, 0.2) is 11.5 Å². The standard InChI is InChI=1S/C22H29NO5S/c1-5-29-22-10-7-6-9-21(22,20(25)28-4)18-15-13-17(27-3)16(26-2)12-14(15)8-11-23(18)19(22)24/h12-13,18H,5-11H2,1-4H3/t18-,21+,22+/m1/s1. The van der Waals surface area contributed by atoms with Crippen molar-refractivity contribution in [2.45, 2.75) is 49.8 Å². The Morgan fingerprint density at radius 1 is 1.17 bits per heavy atom. The van der Waals surface area contributed by atoms with Crippen molar-refractivity contribution in [1.82, 2.24) is 4.90 Å². The van der Waals surface area contributed by atoms with Crippen molar-refractivity contribution >= 4 is 23.6 Å². The van der Waals surface area contributed by atoms with Crippen LogP contribution < -0.4 is 9.47 Å². The van der Waals surface area contributed by atoms with Crippen LogP contribution in [0.5, 0.6) is 11.5 Å². The fourth-order valence-corrected chi connectivity index (χ4v) is 7.43. The van der Waals surface area contributed by atoms with Crippen LogP contribution in [0.25, 0.3) is 0 Å². The van der Waals surface area contributed by atoms with Gasteiger partial charge >= 0.3 is 5.97 Å². The number of carbonyl (C=O) groups excluding carboxylic acids is 2. The number of rotatable bonds is 5. The van der Waals surface area contributed by atoms with E-state index in [2.05, 4.69) is 6.92 Å². The van der Waals surface area contributed by atoms with E-state index in [9.17, 15) is 9.59 Å². The average molecular weight is 420 g/mol. The van der Waals surface area contributed by atoms with Gasteiger partial charge in [-0.3, -0.25) is 9.59 Å². The van der Waals surface area contributed by atoms with Crippen LogP contribution >= 0.6 is 11.8 Å². The Hall–Kier alpha value is -1.89. The number of thioether (sulfide) groups is 1. The zero-order valence-corrected chi connectivity index (χ0v) is 18.4. The lowest BCUT2D eigenvalue weighted by molar-refractivity contribution is -0.158. The van der Waals surface area contributed by atoms with E-state index in [0.717, 1.165) is 42.6 Å². The predicted molar refractivity (Wildman–Crippen MR) is 111 cm³/mol. The van der Waals surface area contributed by atoms with E-state index < -0.39 is 10.2 Å². The third-order valence-electron chi connectivity index (χ3n) is 6.96. The van der Waals surface area contributed by atoms with Crippen molar-refractivity contribution in [2.75, 3.05) is 33.6 Å². The minimum Gasteiger partial charge on any atom is -0.493 e. The number of methoxy groups -OCH3 is 3.